The van der Waals surface area contributed by atoms with Crippen molar-refractivity contribution in [1.82, 2.24) is 9.97 Å². The molecule has 0 amide bonds. The van der Waals surface area contributed by atoms with E-state index in [1.54, 1.807) is 0 Å². The first kappa shape index (κ1) is 35.5. The minimum Gasteiger partial charge on any atom is 0 e. The van der Waals surface area contributed by atoms with Crippen molar-refractivity contribution in [2.45, 2.75) is 51.4 Å². The molecule has 1 radical (unpaired) electrons. The number of nitrogens with zero attached hydrogens (tertiary/aromatic N) is 2. The molecule has 0 spiro atoms. The predicted octanol–water partition coefficient (Wildman–Crippen LogP) is 11.1. The Labute approximate surface area is 301 Å². The average molecular weight is 868 g/mol. The van der Waals surface area contributed by atoms with Gasteiger partial charge in [-0.1, -0.05) is 80.3 Å². The maximum atomic E-state index is 6.21. The zero-order valence-electron chi connectivity index (χ0n) is 28.8. The van der Waals surface area contributed by atoms with E-state index in [0.717, 1.165) is 50.9 Å². The molecular formula is C43H42GeIrN2O-2. The Morgan fingerprint density at radius 1 is 0.771 bits per heavy atom. The molecule has 0 saturated heterocycles. The van der Waals surface area contributed by atoms with Crippen molar-refractivity contribution in [3.63, 3.8) is 0 Å². The molecule has 0 N–H and O–H groups in total. The Balaban J connectivity index is 0.000000224. The van der Waals surface area contributed by atoms with Gasteiger partial charge in [0.15, 0.2) is 0 Å². The van der Waals surface area contributed by atoms with Crippen LogP contribution in [-0.4, -0.2) is 23.2 Å². The summed E-state index contributed by atoms with van der Waals surface area (Å²) >= 11 is -1.72. The van der Waals surface area contributed by atoms with E-state index in [4.69, 9.17) is 4.42 Å². The Morgan fingerprint density at radius 2 is 1.54 bits per heavy atom. The second-order valence-corrected chi connectivity index (χ2v) is 25.1. The van der Waals surface area contributed by atoms with Crippen molar-refractivity contribution in [2.24, 2.45) is 5.41 Å². The van der Waals surface area contributed by atoms with Crippen molar-refractivity contribution >= 4 is 39.6 Å². The molecule has 0 aliphatic carbocycles. The van der Waals surface area contributed by atoms with Crippen LogP contribution in [0.1, 0.15) is 31.9 Å². The smallest absolute Gasteiger partial charge is 0 e. The Morgan fingerprint density at radius 3 is 2.21 bits per heavy atom. The molecule has 7 aromatic rings. The maximum Gasteiger partial charge on any atom is 0 e. The summed E-state index contributed by atoms with van der Waals surface area (Å²) in [5.74, 6) is 7.14. The number of fused-ring (bicyclic) bond motifs is 3. The van der Waals surface area contributed by atoms with Gasteiger partial charge in [-0.05, 0) is 58.7 Å². The van der Waals surface area contributed by atoms with E-state index in [2.05, 4.69) is 140 Å². The topological polar surface area (TPSA) is 38.9 Å². The zero-order valence-corrected chi connectivity index (χ0v) is 33.3. The fourth-order valence-corrected chi connectivity index (χ4v) is 8.11. The summed E-state index contributed by atoms with van der Waals surface area (Å²) in [5.41, 5.74) is 10.9. The van der Waals surface area contributed by atoms with E-state index in [1.165, 1.54) is 26.6 Å². The van der Waals surface area contributed by atoms with Crippen LogP contribution < -0.4 is 4.40 Å². The van der Waals surface area contributed by atoms with Crippen LogP contribution in [0.4, 0.5) is 0 Å². The van der Waals surface area contributed by atoms with Crippen LogP contribution in [0, 0.1) is 24.5 Å². The molecule has 3 heterocycles. The van der Waals surface area contributed by atoms with E-state index < -0.39 is 13.3 Å². The largest absolute Gasteiger partial charge is 0 e. The van der Waals surface area contributed by atoms with Crippen molar-refractivity contribution in [2.75, 3.05) is 0 Å². The third-order valence-electron chi connectivity index (χ3n) is 8.35. The van der Waals surface area contributed by atoms with Crippen molar-refractivity contribution in [1.29, 1.82) is 0 Å². The first-order valence-corrected chi connectivity index (χ1v) is 23.6. The summed E-state index contributed by atoms with van der Waals surface area (Å²) in [6, 6.07) is 42.2. The van der Waals surface area contributed by atoms with Gasteiger partial charge in [0.2, 0.25) is 0 Å². The molecule has 7 rings (SSSR count). The Bertz CT molecular complexity index is 2130. The van der Waals surface area contributed by atoms with Crippen molar-refractivity contribution in [3.05, 3.63) is 139 Å². The van der Waals surface area contributed by atoms with E-state index in [1.807, 2.05) is 42.7 Å². The summed E-state index contributed by atoms with van der Waals surface area (Å²) in [5, 5.41) is 2.26. The van der Waals surface area contributed by atoms with Gasteiger partial charge in [-0.2, -0.15) is 0 Å². The second kappa shape index (κ2) is 14.7. The van der Waals surface area contributed by atoms with E-state index in [0.29, 0.717) is 0 Å². The molecule has 0 aliphatic heterocycles. The number of hydrogen-bond acceptors (Lipinski definition) is 3. The molecular weight excluding hydrogens is 825 g/mol. The van der Waals surface area contributed by atoms with Crippen LogP contribution in [0.3, 0.4) is 0 Å². The summed E-state index contributed by atoms with van der Waals surface area (Å²) in [6.45, 7) is 8.94. The van der Waals surface area contributed by atoms with Crippen molar-refractivity contribution in [3.8, 4) is 33.6 Å². The quantitative estimate of drug-likeness (QED) is 0.128. The SMILES string of the molecule is Cc1c(-c2ccccc2)ccc2oc3[c-]c(-c4cc(CC(C)(C)C)ccn4)ccc3c12.[CH3][Ge]([CH3])([CH3])[c]1ccc(-c2[c-]cccc2)nc1.[Ir]. The van der Waals surface area contributed by atoms with Gasteiger partial charge in [0, 0.05) is 26.3 Å². The standard InChI is InChI=1S/C29H26NO.C14H16GeN.Ir/c1-19-23(21-8-6-5-7-9-21)12-13-26-28(19)24-11-10-22(17-27(24)31-26)25-16-20(14-15-30-25)18-29(2,3)4;1-15(2,3)13-9-10-14(16-11-13)12-7-5-4-6-8-12;/h5-16H,18H2,1-4H3;4-7,9-11H,1-3H3;/q2*-1;. The molecule has 0 aliphatic rings. The molecule has 0 atom stereocenters. The third-order valence-corrected chi connectivity index (χ3v) is 12.6. The summed E-state index contributed by atoms with van der Waals surface area (Å²) in [7, 11) is 0. The normalized spacial score (nSPS) is 11.6. The second-order valence-electron chi connectivity index (χ2n) is 14.4. The average Bonchev–Trinajstić information content (AvgIpc) is 3.44. The minimum atomic E-state index is -1.72. The van der Waals surface area contributed by atoms with Gasteiger partial charge in [0.25, 0.3) is 0 Å². The van der Waals surface area contributed by atoms with Crippen LogP contribution >= 0.6 is 0 Å². The fraction of sp³-hybridized carbons (Fsp3) is 0.209. The van der Waals surface area contributed by atoms with Crippen LogP contribution in [0.15, 0.2) is 120 Å². The van der Waals surface area contributed by atoms with Gasteiger partial charge in [0.1, 0.15) is 5.58 Å². The predicted molar refractivity (Wildman–Crippen MR) is 201 cm³/mol. The van der Waals surface area contributed by atoms with E-state index in [-0.39, 0.29) is 25.5 Å². The number of hydrogen-bond donors (Lipinski definition) is 0. The van der Waals surface area contributed by atoms with Gasteiger partial charge in [-0.3, -0.25) is 0 Å². The molecule has 5 heteroatoms. The summed E-state index contributed by atoms with van der Waals surface area (Å²) in [4.78, 5) is 9.13. The van der Waals surface area contributed by atoms with Gasteiger partial charge in [0.05, 0.1) is 5.58 Å². The zero-order chi connectivity index (χ0) is 33.2. The first-order chi connectivity index (χ1) is 22.5. The molecule has 4 aromatic carbocycles. The minimum absolute atomic E-state index is 0. The molecule has 3 nitrogen and oxygen atoms in total. The van der Waals surface area contributed by atoms with Crippen molar-refractivity contribution < 1.29 is 24.5 Å². The van der Waals surface area contributed by atoms with Crippen LogP contribution in [-0.2, 0) is 26.5 Å². The number of rotatable bonds is 5. The maximum absolute atomic E-state index is 6.21. The number of aryl methyl sites for hydroxylation is 1. The van der Waals surface area contributed by atoms with E-state index >= 15 is 0 Å². The number of benzene rings is 4. The summed E-state index contributed by atoms with van der Waals surface area (Å²) in [6.07, 6.45) is 4.94. The molecule has 48 heavy (non-hydrogen) atoms. The number of pyridine rings is 2. The van der Waals surface area contributed by atoms with Crippen LogP contribution in [0.25, 0.3) is 55.6 Å². The molecule has 0 fully saturated rings. The molecule has 0 unspecified atom stereocenters. The Kier molecular flexibility index (Phi) is 10.9. The van der Waals surface area contributed by atoms with Gasteiger partial charge < -0.3 is 9.40 Å². The first-order valence-electron chi connectivity index (χ1n) is 16.3. The number of furan rings is 1. The van der Waals surface area contributed by atoms with E-state index in [9.17, 15) is 0 Å². The Hall–Kier alpha value is -3.83. The molecule has 0 saturated carbocycles. The molecule has 3 aromatic heterocycles. The van der Waals surface area contributed by atoms with Gasteiger partial charge >= 0.3 is 99.8 Å². The molecule has 0 bridgehead atoms. The summed E-state index contributed by atoms with van der Waals surface area (Å²) < 4.78 is 7.66. The van der Waals surface area contributed by atoms with Crippen LogP contribution in [0.2, 0.25) is 17.3 Å². The van der Waals surface area contributed by atoms with Gasteiger partial charge in [-0.15, -0.1) is 17.7 Å². The third kappa shape index (κ3) is 8.23. The molecule has 245 valence electrons. The van der Waals surface area contributed by atoms with Gasteiger partial charge in [-0.25, -0.2) is 0 Å². The number of aromatic nitrogens is 2. The van der Waals surface area contributed by atoms with Crippen LogP contribution in [0.5, 0.6) is 0 Å². The monoisotopic (exact) mass is 869 g/mol. The fourth-order valence-electron chi connectivity index (χ4n) is 5.94.